The van der Waals surface area contributed by atoms with Crippen molar-refractivity contribution in [1.82, 2.24) is 15.5 Å². The van der Waals surface area contributed by atoms with Gasteiger partial charge >= 0.3 is 0 Å². The number of hydrogen-bond donors (Lipinski definition) is 2. The molecule has 0 spiro atoms. The van der Waals surface area contributed by atoms with Crippen LogP contribution < -0.4 is 10.6 Å². The largest absolute Gasteiger partial charge is 0.444 e. The molecule has 2 rings (SSSR count). The fourth-order valence-electron chi connectivity index (χ4n) is 1.29. The highest BCUT2D eigenvalue weighted by atomic mass is 79.9. The van der Waals surface area contributed by atoms with Gasteiger partial charge in [-0.15, -0.1) is 10.2 Å². The summed E-state index contributed by atoms with van der Waals surface area (Å²) < 4.78 is 5.52. The molecule has 0 aromatic carbocycles. The number of furan rings is 1. The second kappa shape index (κ2) is 6.62. The van der Waals surface area contributed by atoms with Crippen molar-refractivity contribution in [2.75, 3.05) is 11.9 Å². The second-order valence-corrected chi connectivity index (χ2v) is 5.53. The van der Waals surface area contributed by atoms with Crippen molar-refractivity contribution >= 4 is 44.2 Å². The zero-order valence-electron chi connectivity index (χ0n) is 10.5. The minimum Gasteiger partial charge on any atom is -0.444 e. The Morgan fingerprint density at radius 3 is 2.80 bits per heavy atom. The first kappa shape index (κ1) is 14.7. The molecule has 2 heterocycles. The third-order valence-corrected chi connectivity index (χ3v) is 3.63. The van der Waals surface area contributed by atoms with E-state index >= 15 is 0 Å². The molecular weight excluding hydrogens is 348 g/mol. The molecule has 0 bridgehead atoms. The third-order valence-electron chi connectivity index (χ3n) is 2.22. The molecule has 0 aliphatic rings. The number of amides is 2. The summed E-state index contributed by atoms with van der Waals surface area (Å²) in [7, 11) is 0. The van der Waals surface area contributed by atoms with E-state index in [-0.39, 0.29) is 18.2 Å². The number of nitrogens with one attached hydrogen (secondary N) is 2. The van der Waals surface area contributed by atoms with Gasteiger partial charge in [0, 0.05) is 0 Å². The van der Waals surface area contributed by atoms with E-state index in [0.29, 0.717) is 9.80 Å². The Morgan fingerprint density at radius 1 is 1.40 bits per heavy atom. The van der Waals surface area contributed by atoms with Gasteiger partial charge in [-0.05, 0) is 34.5 Å². The predicted molar refractivity (Wildman–Crippen MR) is 76.7 cm³/mol. The number of anilines is 1. The average molecular weight is 359 g/mol. The van der Waals surface area contributed by atoms with Gasteiger partial charge in [-0.2, -0.15) is 0 Å². The molecule has 9 heteroatoms. The molecule has 7 nitrogen and oxygen atoms in total. The van der Waals surface area contributed by atoms with Gasteiger partial charge in [-0.25, -0.2) is 0 Å². The van der Waals surface area contributed by atoms with E-state index in [1.54, 1.807) is 6.07 Å². The first-order valence-electron chi connectivity index (χ1n) is 5.74. The number of nitrogens with zero attached hydrogens (tertiary/aromatic N) is 2. The van der Waals surface area contributed by atoms with Crippen LogP contribution >= 0.6 is 27.3 Å². The molecule has 2 N–H and O–H groups in total. The maximum atomic E-state index is 11.6. The molecule has 2 amide bonds. The first-order chi connectivity index (χ1) is 9.58. The van der Waals surface area contributed by atoms with Crippen LogP contribution in [0.5, 0.6) is 0 Å². The second-order valence-electron chi connectivity index (χ2n) is 3.69. The monoisotopic (exact) mass is 358 g/mol. The van der Waals surface area contributed by atoms with Crippen molar-refractivity contribution in [1.29, 1.82) is 0 Å². The first-order valence-corrected chi connectivity index (χ1v) is 7.35. The number of carbonyl (C=O) groups excluding carboxylic acids is 2. The van der Waals surface area contributed by atoms with E-state index in [2.05, 4.69) is 36.8 Å². The van der Waals surface area contributed by atoms with E-state index in [1.807, 2.05) is 6.92 Å². The molecular formula is C11H11BrN4O3S. The maximum Gasteiger partial charge on any atom is 0.287 e. The van der Waals surface area contributed by atoms with E-state index < -0.39 is 5.91 Å². The summed E-state index contributed by atoms with van der Waals surface area (Å²) in [6, 6.07) is 3.11. The Balaban J connectivity index is 1.81. The van der Waals surface area contributed by atoms with Gasteiger partial charge in [-0.3, -0.25) is 14.9 Å². The Morgan fingerprint density at radius 2 is 2.20 bits per heavy atom. The Bertz CT molecular complexity index is 625. The van der Waals surface area contributed by atoms with E-state index in [4.69, 9.17) is 4.42 Å². The van der Waals surface area contributed by atoms with Crippen molar-refractivity contribution in [3.63, 3.8) is 0 Å². The van der Waals surface area contributed by atoms with Crippen LogP contribution in [-0.4, -0.2) is 28.6 Å². The number of carbonyl (C=O) groups is 2. The third kappa shape index (κ3) is 3.87. The fourth-order valence-corrected chi connectivity index (χ4v) is 2.30. The molecule has 0 radical (unpaired) electrons. The molecule has 2 aromatic rings. The summed E-state index contributed by atoms with van der Waals surface area (Å²) in [4.78, 5) is 23.3. The zero-order valence-corrected chi connectivity index (χ0v) is 12.9. The fraction of sp³-hybridized carbons (Fsp3) is 0.273. The minimum absolute atomic E-state index is 0.133. The SMILES string of the molecule is CCc1nnc(NC(=O)CNC(=O)c2ccc(Br)o2)s1. The summed E-state index contributed by atoms with van der Waals surface area (Å²) in [5.74, 6) is -0.700. The highest BCUT2D eigenvalue weighted by molar-refractivity contribution is 9.10. The number of rotatable bonds is 5. The summed E-state index contributed by atoms with van der Waals surface area (Å²) in [5, 5.41) is 14.0. The van der Waals surface area contributed by atoms with Crippen molar-refractivity contribution in [2.24, 2.45) is 0 Å². The van der Waals surface area contributed by atoms with Gasteiger partial charge in [-0.1, -0.05) is 18.3 Å². The van der Waals surface area contributed by atoms with E-state index in [9.17, 15) is 9.59 Å². The van der Waals surface area contributed by atoms with Crippen LogP contribution in [0, 0.1) is 0 Å². The van der Waals surface area contributed by atoms with Crippen LogP contribution in [0.4, 0.5) is 5.13 Å². The standard InChI is InChI=1S/C11H11BrN4O3S/c1-2-9-15-16-11(20-9)14-8(17)5-13-10(18)6-3-4-7(12)19-6/h3-4H,2,5H2,1H3,(H,13,18)(H,14,16,17). The van der Waals surface area contributed by atoms with Crippen molar-refractivity contribution in [3.8, 4) is 0 Å². The van der Waals surface area contributed by atoms with Crippen LogP contribution in [0.25, 0.3) is 0 Å². The molecule has 0 saturated heterocycles. The molecule has 0 aliphatic carbocycles. The van der Waals surface area contributed by atoms with Gasteiger partial charge in [0.25, 0.3) is 5.91 Å². The topological polar surface area (TPSA) is 97.1 Å². The van der Waals surface area contributed by atoms with Crippen LogP contribution in [0.2, 0.25) is 0 Å². The minimum atomic E-state index is -0.461. The van der Waals surface area contributed by atoms with Crippen LogP contribution in [0.3, 0.4) is 0 Å². The van der Waals surface area contributed by atoms with Gasteiger partial charge < -0.3 is 9.73 Å². The lowest BCUT2D eigenvalue weighted by Crippen LogP contribution is -2.32. The normalized spacial score (nSPS) is 10.3. The number of aromatic nitrogens is 2. The Labute approximate surface area is 126 Å². The summed E-state index contributed by atoms with van der Waals surface area (Å²) in [6.07, 6.45) is 0.762. The molecule has 0 fully saturated rings. The number of aryl methyl sites for hydroxylation is 1. The van der Waals surface area contributed by atoms with Crippen molar-refractivity contribution < 1.29 is 14.0 Å². The lowest BCUT2D eigenvalue weighted by molar-refractivity contribution is -0.115. The predicted octanol–water partition coefficient (Wildman–Crippen LogP) is 1.82. The van der Waals surface area contributed by atoms with E-state index in [0.717, 1.165) is 11.4 Å². The lowest BCUT2D eigenvalue weighted by Gasteiger charge is -2.02. The van der Waals surface area contributed by atoms with E-state index in [1.165, 1.54) is 17.4 Å². The van der Waals surface area contributed by atoms with Gasteiger partial charge in [0.2, 0.25) is 11.0 Å². The average Bonchev–Trinajstić information content (AvgIpc) is 3.05. The number of halogens is 1. The highest BCUT2D eigenvalue weighted by Crippen LogP contribution is 2.15. The molecule has 2 aromatic heterocycles. The Hall–Kier alpha value is -1.74. The van der Waals surface area contributed by atoms with Crippen molar-refractivity contribution in [3.05, 3.63) is 27.6 Å². The molecule has 20 heavy (non-hydrogen) atoms. The van der Waals surface area contributed by atoms with Crippen LogP contribution in [0.1, 0.15) is 22.5 Å². The summed E-state index contributed by atoms with van der Waals surface area (Å²) >= 11 is 4.40. The molecule has 106 valence electrons. The van der Waals surface area contributed by atoms with Gasteiger partial charge in [0.05, 0.1) is 6.54 Å². The Kier molecular flexibility index (Phi) is 4.85. The molecule has 0 aliphatic heterocycles. The van der Waals surface area contributed by atoms with Gasteiger partial charge in [0.15, 0.2) is 10.4 Å². The number of hydrogen-bond acceptors (Lipinski definition) is 6. The van der Waals surface area contributed by atoms with Crippen molar-refractivity contribution in [2.45, 2.75) is 13.3 Å². The quantitative estimate of drug-likeness (QED) is 0.849. The molecule has 0 atom stereocenters. The smallest absolute Gasteiger partial charge is 0.287 e. The molecule has 0 unspecified atom stereocenters. The maximum absolute atomic E-state index is 11.6. The van der Waals surface area contributed by atoms with Gasteiger partial charge in [0.1, 0.15) is 5.01 Å². The molecule has 0 saturated carbocycles. The lowest BCUT2D eigenvalue weighted by atomic mass is 10.4. The summed E-state index contributed by atoms with van der Waals surface area (Å²) in [6.45, 7) is 1.78. The zero-order chi connectivity index (χ0) is 14.5. The highest BCUT2D eigenvalue weighted by Gasteiger charge is 2.13. The van der Waals surface area contributed by atoms with Crippen LogP contribution in [0.15, 0.2) is 21.2 Å². The van der Waals surface area contributed by atoms with Crippen LogP contribution in [-0.2, 0) is 11.2 Å². The summed E-state index contributed by atoms with van der Waals surface area (Å²) in [5.41, 5.74) is 0.